The van der Waals surface area contributed by atoms with E-state index in [1.807, 2.05) is 30.3 Å². The molecule has 2 aromatic rings. The highest BCUT2D eigenvalue weighted by atomic mass is 32.2. The molecule has 0 fully saturated rings. The third-order valence-electron chi connectivity index (χ3n) is 2.21. The molecule has 0 spiro atoms. The largest absolute Gasteiger partial charge is 0.269 e. The van der Waals surface area contributed by atoms with E-state index in [9.17, 15) is 10.1 Å². The summed E-state index contributed by atoms with van der Waals surface area (Å²) in [5, 5.41) is 10.5. The summed E-state index contributed by atoms with van der Waals surface area (Å²) in [5.74, 6) is 0. The van der Waals surface area contributed by atoms with Gasteiger partial charge in [-0.15, -0.1) is 0 Å². The molecule has 0 saturated heterocycles. The molecule has 2 rings (SSSR count). The standard InChI is InChI=1S/C13H10N2O2S/c16-15(17)12-6-8-13(9-7-12)18-14-10-11-4-2-1-3-5-11/h1-10H. The van der Waals surface area contributed by atoms with Crippen LogP contribution in [0.4, 0.5) is 5.69 Å². The fourth-order valence-electron chi connectivity index (χ4n) is 1.32. The molecule has 0 bridgehead atoms. The number of benzene rings is 2. The average molecular weight is 258 g/mol. The summed E-state index contributed by atoms with van der Waals surface area (Å²) >= 11 is 1.28. The molecule has 90 valence electrons. The molecule has 0 aromatic heterocycles. The van der Waals surface area contributed by atoms with Crippen LogP contribution in [0.5, 0.6) is 0 Å². The van der Waals surface area contributed by atoms with Gasteiger partial charge in [0.05, 0.1) is 4.92 Å². The molecule has 0 unspecified atom stereocenters. The van der Waals surface area contributed by atoms with Gasteiger partial charge in [0.2, 0.25) is 0 Å². The smallest absolute Gasteiger partial charge is 0.258 e. The molecule has 5 heteroatoms. The van der Waals surface area contributed by atoms with Gasteiger partial charge in [-0.25, -0.2) is 4.40 Å². The van der Waals surface area contributed by atoms with Crippen LogP contribution in [0.25, 0.3) is 0 Å². The Labute approximate surface area is 109 Å². The summed E-state index contributed by atoms with van der Waals surface area (Å²) in [7, 11) is 0. The van der Waals surface area contributed by atoms with Crippen molar-refractivity contribution in [1.29, 1.82) is 0 Å². The highest BCUT2D eigenvalue weighted by Gasteiger charge is 2.03. The van der Waals surface area contributed by atoms with Gasteiger partial charge in [0.25, 0.3) is 5.69 Å². The molecule has 0 aliphatic carbocycles. The zero-order chi connectivity index (χ0) is 12.8. The average Bonchev–Trinajstić information content (AvgIpc) is 2.40. The van der Waals surface area contributed by atoms with Gasteiger partial charge >= 0.3 is 0 Å². The van der Waals surface area contributed by atoms with Crippen LogP contribution in [0.2, 0.25) is 0 Å². The molecule has 0 amide bonds. The van der Waals surface area contributed by atoms with Crippen molar-refractivity contribution in [3.05, 3.63) is 70.3 Å². The topological polar surface area (TPSA) is 55.5 Å². The minimum Gasteiger partial charge on any atom is -0.258 e. The lowest BCUT2D eigenvalue weighted by atomic mass is 10.2. The molecule has 0 atom stereocenters. The third kappa shape index (κ3) is 3.43. The maximum atomic E-state index is 10.5. The van der Waals surface area contributed by atoms with Gasteiger partial charge in [0.15, 0.2) is 0 Å². The molecule has 0 radical (unpaired) electrons. The fraction of sp³-hybridized carbons (Fsp3) is 0. The van der Waals surface area contributed by atoms with E-state index in [0.29, 0.717) is 0 Å². The lowest BCUT2D eigenvalue weighted by Crippen LogP contribution is -1.86. The molecule has 2 aromatic carbocycles. The Morgan fingerprint density at radius 3 is 2.33 bits per heavy atom. The van der Waals surface area contributed by atoms with Gasteiger partial charge in [-0.3, -0.25) is 10.1 Å². The van der Waals surface area contributed by atoms with Crippen molar-refractivity contribution < 1.29 is 4.92 Å². The van der Waals surface area contributed by atoms with Gasteiger partial charge in [0, 0.05) is 35.2 Å². The zero-order valence-corrected chi connectivity index (χ0v) is 10.2. The zero-order valence-electron chi connectivity index (χ0n) is 9.39. The molecular weight excluding hydrogens is 248 g/mol. The quantitative estimate of drug-likeness (QED) is 0.363. The number of hydrogen-bond acceptors (Lipinski definition) is 4. The van der Waals surface area contributed by atoms with Crippen molar-refractivity contribution in [3.8, 4) is 0 Å². The Balaban J connectivity index is 1.98. The number of hydrogen-bond donors (Lipinski definition) is 0. The fourth-order valence-corrected chi connectivity index (χ4v) is 1.87. The summed E-state index contributed by atoms with van der Waals surface area (Å²) in [6.07, 6.45) is 1.76. The Hall–Kier alpha value is -2.14. The first-order valence-corrected chi connectivity index (χ1v) is 6.03. The van der Waals surface area contributed by atoms with Crippen molar-refractivity contribution >= 4 is 23.8 Å². The lowest BCUT2D eigenvalue weighted by Gasteiger charge is -1.95. The van der Waals surface area contributed by atoms with E-state index in [2.05, 4.69) is 4.40 Å². The number of non-ortho nitro benzene ring substituents is 1. The van der Waals surface area contributed by atoms with E-state index < -0.39 is 4.92 Å². The van der Waals surface area contributed by atoms with Crippen LogP contribution in [-0.4, -0.2) is 11.1 Å². The molecule has 0 aliphatic rings. The van der Waals surface area contributed by atoms with E-state index in [0.717, 1.165) is 10.5 Å². The number of nitro benzene ring substituents is 1. The van der Waals surface area contributed by atoms with Crippen molar-refractivity contribution in [2.24, 2.45) is 4.40 Å². The van der Waals surface area contributed by atoms with Gasteiger partial charge in [-0.1, -0.05) is 30.3 Å². The second-order valence-electron chi connectivity index (χ2n) is 3.49. The van der Waals surface area contributed by atoms with Gasteiger partial charge < -0.3 is 0 Å². The SMILES string of the molecule is O=[N+]([O-])c1ccc(SN=Cc2ccccc2)cc1. The van der Waals surface area contributed by atoms with Gasteiger partial charge in [-0.2, -0.15) is 0 Å². The molecule has 0 aliphatic heterocycles. The summed E-state index contributed by atoms with van der Waals surface area (Å²) in [6, 6.07) is 16.1. The first-order chi connectivity index (χ1) is 8.75. The Bertz CT molecular complexity index is 553. The normalized spacial score (nSPS) is 10.7. The monoisotopic (exact) mass is 258 g/mol. The minimum atomic E-state index is -0.415. The number of nitrogens with zero attached hydrogens (tertiary/aromatic N) is 2. The molecule has 18 heavy (non-hydrogen) atoms. The van der Waals surface area contributed by atoms with Crippen molar-refractivity contribution in [3.63, 3.8) is 0 Å². The Kier molecular flexibility index (Phi) is 4.09. The van der Waals surface area contributed by atoms with Crippen molar-refractivity contribution in [2.75, 3.05) is 0 Å². The van der Waals surface area contributed by atoms with E-state index in [1.54, 1.807) is 18.3 Å². The molecular formula is C13H10N2O2S. The van der Waals surface area contributed by atoms with Crippen LogP contribution in [0.3, 0.4) is 0 Å². The second-order valence-corrected chi connectivity index (χ2v) is 4.35. The summed E-state index contributed by atoms with van der Waals surface area (Å²) in [5.41, 5.74) is 1.11. The molecule has 4 nitrogen and oxygen atoms in total. The summed E-state index contributed by atoms with van der Waals surface area (Å²) < 4.78 is 4.21. The van der Waals surface area contributed by atoms with Gasteiger partial charge in [0.1, 0.15) is 0 Å². The van der Waals surface area contributed by atoms with Crippen LogP contribution in [0.1, 0.15) is 5.56 Å². The van der Waals surface area contributed by atoms with Crippen LogP contribution in [0.15, 0.2) is 63.9 Å². The van der Waals surface area contributed by atoms with E-state index in [-0.39, 0.29) is 5.69 Å². The summed E-state index contributed by atoms with van der Waals surface area (Å²) in [6.45, 7) is 0. The second kappa shape index (κ2) is 5.97. The highest BCUT2D eigenvalue weighted by molar-refractivity contribution is 7.98. The predicted molar refractivity (Wildman–Crippen MR) is 73.0 cm³/mol. The van der Waals surface area contributed by atoms with E-state index in [4.69, 9.17) is 0 Å². The first kappa shape index (κ1) is 12.3. The van der Waals surface area contributed by atoms with Crippen LogP contribution < -0.4 is 0 Å². The number of nitro groups is 1. The molecule has 0 heterocycles. The van der Waals surface area contributed by atoms with Crippen molar-refractivity contribution in [2.45, 2.75) is 4.90 Å². The van der Waals surface area contributed by atoms with Crippen LogP contribution >= 0.6 is 11.9 Å². The molecule has 0 saturated carbocycles. The maximum Gasteiger partial charge on any atom is 0.269 e. The summed E-state index contributed by atoms with van der Waals surface area (Å²) in [4.78, 5) is 10.9. The molecule has 0 N–H and O–H groups in total. The highest BCUT2D eigenvalue weighted by Crippen LogP contribution is 2.21. The third-order valence-corrected chi connectivity index (χ3v) is 2.90. The predicted octanol–water partition coefficient (Wildman–Crippen LogP) is 3.72. The van der Waals surface area contributed by atoms with Crippen molar-refractivity contribution in [1.82, 2.24) is 0 Å². The van der Waals surface area contributed by atoms with E-state index >= 15 is 0 Å². The maximum absolute atomic E-state index is 10.5. The van der Waals surface area contributed by atoms with Crippen LogP contribution in [0, 0.1) is 10.1 Å². The minimum absolute atomic E-state index is 0.0892. The lowest BCUT2D eigenvalue weighted by molar-refractivity contribution is -0.384. The number of rotatable bonds is 4. The Morgan fingerprint density at radius 2 is 1.72 bits per heavy atom. The van der Waals surface area contributed by atoms with Gasteiger partial charge in [-0.05, 0) is 17.7 Å². The Morgan fingerprint density at radius 1 is 1.06 bits per heavy atom. The van der Waals surface area contributed by atoms with E-state index in [1.165, 1.54) is 24.1 Å². The van der Waals surface area contributed by atoms with Crippen LogP contribution in [-0.2, 0) is 0 Å². The first-order valence-electron chi connectivity index (χ1n) is 5.25.